The molecule has 0 amide bonds. The average molecular weight is 584 g/mol. The van der Waals surface area contributed by atoms with Crippen molar-refractivity contribution in [3.63, 3.8) is 0 Å². The van der Waals surface area contributed by atoms with Crippen LogP contribution in [0.4, 0.5) is 26.3 Å². The SMILES string of the molecule is CCCC/C(=C\I(OS(=O)(=O)C(F)(F)F)c1ccccc1)OS(=O)(=O)C(F)(F)F. The second kappa shape index (κ2) is 9.82. The predicted molar refractivity (Wildman–Crippen MR) is 98.9 cm³/mol. The summed E-state index contributed by atoms with van der Waals surface area (Å²) in [4.78, 5) is 0. The average Bonchev–Trinajstić information content (AvgIpc) is 2.57. The first-order valence-corrected chi connectivity index (χ1v) is 13.6. The molecule has 1 aromatic carbocycles. The Morgan fingerprint density at radius 3 is 1.93 bits per heavy atom. The number of halogens is 7. The van der Waals surface area contributed by atoms with Crippen LogP contribution in [0.25, 0.3) is 0 Å². The molecule has 168 valence electrons. The zero-order chi connectivity index (χ0) is 22.5. The van der Waals surface area contributed by atoms with Gasteiger partial charge in [0.05, 0.1) is 0 Å². The molecule has 0 saturated carbocycles. The number of hydrogen-bond acceptors (Lipinski definition) is 6. The third kappa shape index (κ3) is 7.60. The van der Waals surface area contributed by atoms with Crippen molar-refractivity contribution >= 4 is 40.5 Å². The van der Waals surface area contributed by atoms with Gasteiger partial charge >= 0.3 is 171 Å². The number of unbranched alkanes of at least 4 members (excludes halogenated alkanes) is 1. The van der Waals surface area contributed by atoms with Crippen molar-refractivity contribution < 1.29 is 49.9 Å². The van der Waals surface area contributed by atoms with E-state index in [9.17, 15) is 43.2 Å². The van der Waals surface area contributed by atoms with Gasteiger partial charge < -0.3 is 0 Å². The van der Waals surface area contributed by atoms with Gasteiger partial charge in [-0.2, -0.15) is 0 Å². The second-order valence-corrected chi connectivity index (χ2v) is 12.7. The molecular weight excluding hydrogens is 569 g/mol. The summed E-state index contributed by atoms with van der Waals surface area (Å²) in [6.45, 7) is 1.62. The predicted octanol–water partition coefficient (Wildman–Crippen LogP) is 5.04. The monoisotopic (exact) mass is 584 g/mol. The summed E-state index contributed by atoms with van der Waals surface area (Å²) in [6, 6.07) is 6.57. The molecule has 0 N–H and O–H groups in total. The Balaban J connectivity index is 3.44. The maximum atomic E-state index is 12.7. The van der Waals surface area contributed by atoms with Crippen LogP contribution >= 0.6 is 20.2 Å². The van der Waals surface area contributed by atoms with Gasteiger partial charge in [-0.15, -0.1) is 0 Å². The molecule has 0 aliphatic rings. The van der Waals surface area contributed by atoms with E-state index in [4.69, 9.17) is 0 Å². The molecule has 0 heterocycles. The Labute approximate surface area is 171 Å². The summed E-state index contributed by atoms with van der Waals surface area (Å²) >= 11 is -4.01. The number of benzene rings is 1. The summed E-state index contributed by atoms with van der Waals surface area (Å²) in [5.41, 5.74) is -11.5. The van der Waals surface area contributed by atoms with Gasteiger partial charge in [-0.25, -0.2) is 0 Å². The summed E-state index contributed by atoms with van der Waals surface area (Å²) in [5.74, 6) is -0.837. The number of alkyl halides is 6. The van der Waals surface area contributed by atoms with Gasteiger partial charge in [0.15, 0.2) is 0 Å². The van der Waals surface area contributed by atoms with E-state index in [1.165, 1.54) is 30.3 Å². The van der Waals surface area contributed by atoms with Gasteiger partial charge in [-0.1, -0.05) is 0 Å². The van der Waals surface area contributed by atoms with Crippen LogP contribution in [-0.4, -0.2) is 27.9 Å². The molecule has 6 nitrogen and oxygen atoms in total. The Bertz CT molecular complexity index is 910. The van der Waals surface area contributed by atoms with Crippen molar-refractivity contribution in [2.75, 3.05) is 0 Å². The zero-order valence-corrected chi connectivity index (χ0v) is 18.3. The summed E-state index contributed by atoms with van der Waals surface area (Å²) < 4.78 is 130. The van der Waals surface area contributed by atoms with Gasteiger partial charge in [-0.05, 0) is 0 Å². The topological polar surface area (TPSA) is 86.7 Å². The first-order valence-electron chi connectivity index (χ1n) is 7.57. The third-order valence-corrected chi connectivity index (χ3v) is 10.5. The van der Waals surface area contributed by atoms with Crippen LogP contribution in [0.2, 0.25) is 0 Å². The van der Waals surface area contributed by atoms with Gasteiger partial charge in [0, 0.05) is 0 Å². The molecule has 0 spiro atoms. The van der Waals surface area contributed by atoms with Crippen LogP contribution in [0.5, 0.6) is 0 Å². The number of hydrogen-bond donors (Lipinski definition) is 0. The molecule has 1 aromatic rings. The van der Waals surface area contributed by atoms with Crippen LogP contribution in [0.1, 0.15) is 26.2 Å². The fourth-order valence-electron chi connectivity index (χ4n) is 1.55. The third-order valence-electron chi connectivity index (χ3n) is 2.88. The molecular formula is C14H15F6IO6S2. The van der Waals surface area contributed by atoms with E-state index < -0.39 is 57.2 Å². The van der Waals surface area contributed by atoms with Gasteiger partial charge in [0.1, 0.15) is 0 Å². The van der Waals surface area contributed by atoms with Crippen molar-refractivity contribution in [1.29, 1.82) is 0 Å². The Morgan fingerprint density at radius 2 is 1.48 bits per heavy atom. The minimum atomic E-state index is -6.10. The first-order chi connectivity index (χ1) is 13.1. The summed E-state index contributed by atoms with van der Waals surface area (Å²) in [6.07, 6.45) is 0.125. The second-order valence-electron chi connectivity index (χ2n) is 5.20. The molecule has 0 aliphatic heterocycles. The Kier molecular flexibility index (Phi) is 8.80. The van der Waals surface area contributed by atoms with Crippen molar-refractivity contribution in [3.8, 4) is 0 Å². The van der Waals surface area contributed by atoms with Crippen LogP contribution in [0.15, 0.2) is 40.2 Å². The summed E-state index contributed by atoms with van der Waals surface area (Å²) in [5, 5.41) is 0. The van der Waals surface area contributed by atoms with Crippen LogP contribution < -0.4 is 0 Å². The fraction of sp³-hybridized carbons (Fsp3) is 0.429. The van der Waals surface area contributed by atoms with Crippen LogP contribution in [0, 0.1) is 3.57 Å². The van der Waals surface area contributed by atoms with E-state index in [1.54, 1.807) is 6.92 Å². The van der Waals surface area contributed by atoms with E-state index in [2.05, 4.69) is 6.70 Å². The van der Waals surface area contributed by atoms with Gasteiger partial charge in [-0.3, -0.25) is 0 Å². The van der Waals surface area contributed by atoms with Crippen molar-refractivity contribution in [2.24, 2.45) is 0 Å². The van der Waals surface area contributed by atoms with Gasteiger partial charge in [0.2, 0.25) is 0 Å². The maximum absolute atomic E-state index is 12.7. The minimum absolute atomic E-state index is 0.0356. The normalized spacial score (nSPS) is 14.6. The number of allylic oxidation sites excluding steroid dienone is 1. The quantitative estimate of drug-likeness (QED) is 0.133. The van der Waals surface area contributed by atoms with Crippen molar-refractivity contribution in [3.05, 3.63) is 43.7 Å². The molecule has 0 aliphatic carbocycles. The van der Waals surface area contributed by atoms with E-state index in [1.807, 2.05) is 0 Å². The molecule has 0 fully saturated rings. The molecule has 0 bridgehead atoms. The Morgan fingerprint density at radius 1 is 0.966 bits per heavy atom. The van der Waals surface area contributed by atoms with Crippen molar-refractivity contribution in [1.82, 2.24) is 0 Å². The zero-order valence-electron chi connectivity index (χ0n) is 14.5. The standard InChI is InChI=1S/C14H15F6IO6S2/c1-2-3-9-12(26-28(22,23)13(15,16)17)10-21(11-7-5-4-6-8-11)27-29(24,25)14(18,19)20/h4-8,10H,2-3,9H2,1H3/b12-10+. The molecule has 0 saturated heterocycles. The van der Waals surface area contributed by atoms with E-state index >= 15 is 0 Å². The van der Waals surface area contributed by atoms with E-state index in [0.717, 1.165) is 0 Å². The Hall–Kier alpha value is -1.07. The molecule has 0 radical (unpaired) electrons. The van der Waals surface area contributed by atoms with E-state index in [0.29, 0.717) is 10.5 Å². The van der Waals surface area contributed by atoms with Crippen LogP contribution in [-0.2, 0) is 26.9 Å². The van der Waals surface area contributed by atoms with Crippen molar-refractivity contribution in [2.45, 2.75) is 37.2 Å². The molecule has 15 heteroatoms. The molecule has 0 aromatic heterocycles. The van der Waals surface area contributed by atoms with E-state index in [-0.39, 0.29) is 16.4 Å². The fourth-order valence-corrected chi connectivity index (χ4v) is 8.21. The molecule has 0 unspecified atom stereocenters. The van der Waals surface area contributed by atoms with Gasteiger partial charge in [0.25, 0.3) is 0 Å². The molecule has 1 rings (SSSR count). The van der Waals surface area contributed by atoms with Crippen LogP contribution in [0.3, 0.4) is 0 Å². The first kappa shape index (κ1) is 26.0. The number of rotatable bonds is 9. The molecule has 29 heavy (non-hydrogen) atoms. The summed E-state index contributed by atoms with van der Waals surface area (Å²) in [7, 11) is -12.2. The molecule has 0 atom stereocenters.